The zero-order chi connectivity index (χ0) is 11.7. The minimum atomic E-state index is 0.379. The lowest BCUT2D eigenvalue weighted by Gasteiger charge is -2.26. The number of aromatic nitrogens is 2. The fourth-order valence-corrected chi connectivity index (χ4v) is 3.13. The maximum Gasteiger partial charge on any atom is 0.133 e. The zero-order valence-corrected chi connectivity index (χ0v) is 10.7. The topological polar surface area (TPSA) is 37.8 Å². The lowest BCUT2D eigenvalue weighted by atomic mass is 9.95. The van der Waals surface area contributed by atoms with E-state index in [9.17, 15) is 0 Å². The summed E-state index contributed by atoms with van der Waals surface area (Å²) in [5.41, 5.74) is 2.59. The van der Waals surface area contributed by atoms with Crippen molar-refractivity contribution < 1.29 is 0 Å². The molecule has 1 saturated carbocycles. The Bertz CT molecular complexity index is 400. The predicted molar refractivity (Wildman–Crippen MR) is 69.6 cm³/mol. The van der Waals surface area contributed by atoms with Gasteiger partial charge in [0.2, 0.25) is 0 Å². The molecule has 2 aliphatic carbocycles. The molecule has 4 heteroatoms. The van der Waals surface area contributed by atoms with Crippen LogP contribution >= 0.6 is 11.6 Å². The molecular formula is C13H18ClN3. The Morgan fingerprint density at radius 3 is 2.76 bits per heavy atom. The van der Waals surface area contributed by atoms with Gasteiger partial charge < -0.3 is 5.32 Å². The van der Waals surface area contributed by atoms with Crippen LogP contribution in [0.4, 0.5) is 5.82 Å². The third-order valence-corrected chi connectivity index (χ3v) is 4.31. The molecule has 0 unspecified atom stereocenters. The molecule has 1 aromatic rings. The summed E-state index contributed by atoms with van der Waals surface area (Å²) in [6, 6.07) is 0.546. The van der Waals surface area contributed by atoms with Gasteiger partial charge in [0.15, 0.2) is 0 Å². The molecule has 1 aromatic heterocycles. The van der Waals surface area contributed by atoms with Crippen molar-refractivity contribution in [1.29, 1.82) is 0 Å². The summed E-state index contributed by atoms with van der Waals surface area (Å²) >= 11 is 6.13. The quantitative estimate of drug-likeness (QED) is 0.822. The standard InChI is InChI=1S/C13H18ClN3/c14-9-4-6-10(7-5-9)17-13-11-2-1-3-12(11)15-8-16-13/h8-10H,1-7H2,(H,15,16,17). The number of anilines is 1. The number of alkyl halides is 1. The Morgan fingerprint density at radius 1 is 1.12 bits per heavy atom. The van der Waals surface area contributed by atoms with E-state index in [4.69, 9.17) is 11.6 Å². The van der Waals surface area contributed by atoms with Crippen LogP contribution in [0.25, 0.3) is 0 Å². The van der Waals surface area contributed by atoms with Gasteiger partial charge in [-0.2, -0.15) is 0 Å². The monoisotopic (exact) mass is 251 g/mol. The molecule has 1 fully saturated rings. The fraction of sp³-hybridized carbons (Fsp3) is 0.692. The fourth-order valence-electron chi connectivity index (χ4n) is 2.87. The molecule has 1 heterocycles. The molecule has 0 aromatic carbocycles. The highest BCUT2D eigenvalue weighted by Gasteiger charge is 2.22. The maximum absolute atomic E-state index is 6.13. The summed E-state index contributed by atoms with van der Waals surface area (Å²) in [6.45, 7) is 0. The highest BCUT2D eigenvalue weighted by molar-refractivity contribution is 6.20. The molecule has 0 amide bonds. The number of fused-ring (bicyclic) bond motifs is 1. The SMILES string of the molecule is ClC1CCC(Nc2ncnc3c2CCC3)CC1. The van der Waals surface area contributed by atoms with Crippen LogP contribution in [0, 0.1) is 0 Å². The summed E-state index contributed by atoms with van der Waals surface area (Å²) in [6.07, 6.45) is 9.71. The Labute approximate surface area is 107 Å². The van der Waals surface area contributed by atoms with Crippen molar-refractivity contribution >= 4 is 17.4 Å². The predicted octanol–water partition coefficient (Wildman–Crippen LogP) is 2.93. The first-order valence-corrected chi connectivity index (χ1v) is 7.00. The molecule has 92 valence electrons. The summed E-state index contributed by atoms with van der Waals surface area (Å²) in [7, 11) is 0. The van der Waals surface area contributed by atoms with Crippen LogP contribution in [-0.2, 0) is 12.8 Å². The number of nitrogens with zero attached hydrogens (tertiary/aromatic N) is 2. The van der Waals surface area contributed by atoms with E-state index in [0.29, 0.717) is 11.4 Å². The lowest BCUT2D eigenvalue weighted by molar-refractivity contribution is 0.467. The number of hydrogen-bond donors (Lipinski definition) is 1. The first kappa shape index (κ1) is 11.3. The van der Waals surface area contributed by atoms with Crippen molar-refractivity contribution in [2.24, 2.45) is 0 Å². The van der Waals surface area contributed by atoms with E-state index >= 15 is 0 Å². The molecule has 0 radical (unpaired) electrons. The largest absolute Gasteiger partial charge is 0.367 e. The van der Waals surface area contributed by atoms with Gasteiger partial charge in [-0.3, -0.25) is 0 Å². The van der Waals surface area contributed by atoms with Crippen LogP contribution < -0.4 is 5.32 Å². The first-order valence-electron chi connectivity index (χ1n) is 6.56. The van der Waals surface area contributed by atoms with Crippen molar-refractivity contribution in [3.8, 4) is 0 Å². The van der Waals surface area contributed by atoms with Crippen molar-refractivity contribution in [2.75, 3.05) is 5.32 Å². The Morgan fingerprint density at radius 2 is 1.94 bits per heavy atom. The highest BCUT2D eigenvalue weighted by Crippen LogP contribution is 2.29. The van der Waals surface area contributed by atoms with E-state index < -0.39 is 0 Å². The van der Waals surface area contributed by atoms with Gasteiger partial charge in [0, 0.05) is 22.7 Å². The van der Waals surface area contributed by atoms with Gasteiger partial charge in [0.1, 0.15) is 12.1 Å². The Kier molecular flexibility index (Phi) is 3.19. The molecule has 17 heavy (non-hydrogen) atoms. The van der Waals surface area contributed by atoms with E-state index in [0.717, 1.165) is 44.3 Å². The first-order chi connectivity index (χ1) is 8.33. The number of rotatable bonds is 2. The minimum absolute atomic E-state index is 0.379. The second-order valence-corrected chi connectivity index (χ2v) is 5.71. The van der Waals surface area contributed by atoms with Crippen LogP contribution in [0.2, 0.25) is 0 Å². The molecule has 2 aliphatic rings. The molecule has 0 spiro atoms. The maximum atomic E-state index is 6.13. The van der Waals surface area contributed by atoms with Crippen LogP contribution in [0.1, 0.15) is 43.4 Å². The average Bonchev–Trinajstić information content (AvgIpc) is 2.81. The molecule has 0 atom stereocenters. The van der Waals surface area contributed by atoms with Gasteiger partial charge in [-0.15, -0.1) is 11.6 Å². The summed E-state index contributed by atoms with van der Waals surface area (Å²) in [5.74, 6) is 1.07. The van der Waals surface area contributed by atoms with E-state index in [1.54, 1.807) is 6.33 Å². The molecular weight excluding hydrogens is 234 g/mol. The highest BCUT2D eigenvalue weighted by atomic mass is 35.5. The molecule has 3 rings (SSSR count). The normalized spacial score (nSPS) is 27.8. The second kappa shape index (κ2) is 4.81. The zero-order valence-electron chi connectivity index (χ0n) is 9.95. The van der Waals surface area contributed by atoms with Crippen LogP contribution in [0.3, 0.4) is 0 Å². The van der Waals surface area contributed by atoms with Gasteiger partial charge in [0.25, 0.3) is 0 Å². The summed E-state index contributed by atoms with van der Waals surface area (Å²) in [5, 5.41) is 3.97. The number of nitrogens with one attached hydrogen (secondary N) is 1. The van der Waals surface area contributed by atoms with Crippen LogP contribution in [0.15, 0.2) is 6.33 Å². The van der Waals surface area contributed by atoms with Crippen molar-refractivity contribution in [1.82, 2.24) is 9.97 Å². The van der Waals surface area contributed by atoms with E-state index in [1.165, 1.54) is 17.7 Å². The average molecular weight is 252 g/mol. The molecule has 0 saturated heterocycles. The summed E-state index contributed by atoms with van der Waals surface area (Å²) < 4.78 is 0. The van der Waals surface area contributed by atoms with Crippen LogP contribution in [0.5, 0.6) is 0 Å². The Balaban J connectivity index is 1.71. The molecule has 1 N–H and O–H groups in total. The van der Waals surface area contributed by atoms with Crippen molar-refractivity contribution in [2.45, 2.75) is 56.4 Å². The lowest BCUT2D eigenvalue weighted by Crippen LogP contribution is -2.27. The number of halogens is 1. The van der Waals surface area contributed by atoms with Crippen molar-refractivity contribution in [3.63, 3.8) is 0 Å². The Hall–Kier alpha value is -0.830. The third kappa shape index (κ3) is 2.39. The van der Waals surface area contributed by atoms with Crippen molar-refractivity contribution in [3.05, 3.63) is 17.6 Å². The van der Waals surface area contributed by atoms with Gasteiger partial charge in [-0.05, 0) is 44.9 Å². The number of aryl methyl sites for hydroxylation is 1. The third-order valence-electron chi connectivity index (χ3n) is 3.87. The van der Waals surface area contributed by atoms with E-state index in [1.807, 2.05) is 0 Å². The number of hydrogen-bond acceptors (Lipinski definition) is 3. The smallest absolute Gasteiger partial charge is 0.133 e. The summed E-state index contributed by atoms with van der Waals surface area (Å²) in [4.78, 5) is 8.76. The molecule has 0 aliphatic heterocycles. The second-order valence-electron chi connectivity index (χ2n) is 5.09. The molecule has 0 bridgehead atoms. The van der Waals surface area contributed by atoms with Gasteiger partial charge in [-0.1, -0.05) is 0 Å². The van der Waals surface area contributed by atoms with Gasteiger partial charge in [-0.25, -0.2) is 9.97 Å². The van der Waals surface area contributed by atoms with Gasteiger partial charge in [0.05, 0.1) is 0 Å². The van der Waals surface area contributed by atoms with Crippen LogP contribution in [-0.4, -0.2) is 21.4 Å². The van der Waals surface area contributed by atoms with E-state index in [2.05, 4.69) is 15.3 Å². The van der Waals surface area contributed by atoms with E-state index in [-0.39, 0.29) is 0 Å². The molecule has 3 nitrogen and oxygen atoms in total. The van der Waals surface area contributed by atoms with Gasteiger partial charge >= 0.3 is 0 Å². The minimum Gasteiger partial charge on any atom is -0.367 e.